The first-order valence-corrected chi connectivity index (χ1v) is 12.8. The fourth-order valence-corrected chi connectivity index (χ4v) is 5.43. The number of nitrogens with one attached hydrogen (secondary N) is 2. The maximum Gasteiger partial charge on any atom is 0.226 e. The summed E-state index contributed by atoms with van der Waals surface area (Å²) >= 11 is 5.81. The second-order valence-electron chi connectivity index (χ2n) is 9.31. The molecule has 0 bridgehead atoms. The Morgan fingerprint density at radius 1 is 1.05 bits per heavy atom. The summed E-state index contributed by atoms with van der Waals surface area (Å²) in [5.41, 5.74) is 7.14. The van der Waals surface area contributed by atoms with Crippen LogP contribution in [0.1, 0.15) is 46.7 Å². The van der Waals surface area contributed by atoms with Crippen molar-refractivity contribution in [2.45, 2.75) is 39.3 Å². The minimum atomic E-state index is -0.143. The molecule has 5 rings (SSSR count). The van der Waals surface area contributed by atoms with Crippen molar-refractivity contribution in [3.63, 3.8) is 0 Å². The van der Waals surface area contributed by atoms with Crippen molar-refractivity contribution in [3.8, 4) is 5.69 Å². The van der Waals surface area contributed by atoms with Gasteiger partial charge in [-0.2, -0.15) is 0 Å². The van der Waals surface area contributed by atoms with Crippen LogP contribution in [0.3, 0.4) is 0 Å². The van der Waals surface area contributed by atoms with Crippen molar-refractivity contribution in [3.05, 3.63) is 107 Å². The van der Waals surface area contributed by atoms with E-state index in [1.54, 1.807) is 12.4 Å². The number of rotatable bonds is 7. The molecule has 2 atom stereocenters. The molecule has 1 aliphatic rings. The molecule has 0 spiro atoms. The van der Waals surface area contributed by atoms with E-state index in [-0.39, 0.29) is 18.0 Å². The SMILES string of the molecule is Cc1ccccc1NC(=O)CCN1C(=S)NC(c2ccccn2)C1c1cc(C)n(-c2cccnc2)c1C. The van der Waals surface area contributed by atoms with E-state index in [1.807, 2.05) is 61.7 Å². The van der Waals surface area contributed by atoms with Crippen LogP contribution in [0, 0.1) is 20.8 Å². The van der Waals surface area contributed by atoms with E-state index in [4.69, 9.17) is 12.2 Å². The van der Waals surface area contributed by atoms with Crippen LogP contribution in [0.5, 0.6) is 0 Å². The normalized spacial score (nSPS) is 17.1. The van der Waals surface area contributed by atoms with Gasteiger partial charge >= 0.3 is 0 Å². The van der Waals surface area contributed by atoms with Crippen LogP contribution in [0.15, 0.2) is 79.3 Å². The molecule has 1 amide bonds. The molecule has 4 heterocycles. The predicted molar refractivity (Wildman–Crippen MR) is 150 cm³/mol. The molecule has 1 aliphatic heterocycles. The van der Waals surface area contributed by atoms with Gasteiger partial charge in [0.15, 0.2) is 5.11 Å². The van der Waals surface area contributed by atoms with Gasteiger partial charge in [-0.1, -0.05) is 24.3 Å². The summed E-state index contributed by atoms with van der Waals surface area (Å²) in [6, 6.07) is 19.6. The van der Waals surface area contributed by atoms with E-state index in [0.29, 0.717) is 18.1 Å². The number of pyridine rings is 2. The Labute approximate surface area is 222 Å². The van der Waals surface area contributed by atoms with Crippen LogP contribution < -0.4 is 10.6 Å². The Morgan fingerprint density at radius 2 is 1.86 bits per heavy atom. The second kappa shape index (κ2) is 10.5. The predicted octanol–water partition coefficient (Wildman–Crippen LogP) is 5.19. The minimum Gasteiger partial charge on any atom is -0.352 e. The summed E-state index contributed by atoms with van der Waals surface area (Å²) < 4.78 is 2.21. The van der Waals surface area contributed by atoms with Crippen LogP contribution >= 0.6 is 12.2 Å². The minimum absolute atomic E-state index is 0.0435. The third-order valence-electron chi connectivity index (χ3n) is 6.89. The van der Waals surface area contributed by atoms with E-state index >= 15 is 0 Å². The standard InChI is InChI=1S/C29H30N6OS/c1-19-9-4-5-11-24(19)32-26(36)13-16-34-28(27(33-29(34)37)25-12-6-7-15-31-25)23-17-20(2)35(21(23)3)22-10-8-14-30-18-22/h4-12,14-15,17-18,27-28H,13,16H2,1-3H3,(H,32,36)(H,33,37). The highest BCUT2D eigenvalue weighted by Gasteiger charge is 2.41. The number of carbonyl (C=O) groups is 1. The number of anilines is 1. The molecule has 1 saturated heterocycles. The van der Waals surface area contributed by atoms with Crippen molar-refractivity contribution < 1.29 is 4.79 Å². The Morgan fingerprint density at radius 3 is 2.59 bits per heavy atom. The Bertz CT molecular complexity index is 1420. The molecule has 8 heteroatoms. The fourth-order valence-electron chi connectivity index (χ4n) is 5.10. The van der Waals surface area contributed by atoms with Gasteiger partial charge in [-0.05, 0) is 80.5 Å². The van der Waals surface area contributed by atoms with Crippen molar-refractivity contribution in [1.29, 1.82) is 0 Å². The topological polar surface area (TPSA) is 75.1 Å². The number of hydrogen-bond acceptors (Lipinski definition) is 4. The molecular formula is C29H30N6OS. The van der Waals surface area contributed by atoms with Crippen LogP contribution in [-0.2, 0) is 4.79 Å². The number of amides is 1. The molecule has 0 saturated carbocycles. The van der Waals surface area contributed by atoms with Crippen molar-refractivity contribution in [2.75, 3.05) is 11.9 Å². The monoisotopic (exact) mass is 510 g/mol. The number of benzene rings is 1. The zero-order chi connectivity index (χ0) is 25.9. The zero-order valence-electron chi connectivity index (χ0n) is 21.2. The first-order chi connectivity index (χ1) is 17.9. The van der Waals surface area contributed by atoms with Gasteiger partial charge < -0.3 is 20.1 Å². The average Bonchev–Trinajstić information content (AvgIpc) is 3.39. The lowest BCUT2D eigenvalue weighted by Crippen LogP contribution is -2.33. The molecule has 37 heavy (non-hydrogen) atoms. The molecule has 3 aromatic heterocycles. The largest absolute Gasteiger partial charge is 0.352 e. The number of aryl methyl sites for hydroxylation is 2. The Kier molecular flexibility index (Phi) is 7.01. The molecular weight excluding hydrogens is 480 g/mol. The van der Waals surface area contributed by atoms with Crippen molar-refractivity contribution >= 4 is 28.9 Å². The molecule has 1 fully saturated rings. The third-order valence-corrected chi connectivity index (χ3v) is 7.24. The van der Waals surface area contributed by atoms with Crippen LogP contribution in [0.2, 0.25) is 0 Å². The molecule has 2 N–H and O–H groups in total. The van der Waals surface area contributed by atoms with Crippen molar-refractivity contribution in [1.82, 2.24) is 24.8 Å². The van der Waals surface area contributed by atoms with E-state index in [9.17, 15) is 4.79 Å². The van der Waals surface area contributed by atoms with Crippen LogP contribution in [-0.4, -0.2) is 37.0 Å². The lowest BCUT2D eigenvalue weighted by molar-refractivity contribution is -0.116. The van der Waals surface area contributed by atoms with Gasteiger partial charge in [-0.3, -0.25) is 14.8 Å². The Hall–Kier alpha value is -4.04. The molecule has 2 unspecified atom stereocenters. The average molecular weight is 511 g/mol. The highest BCUT2D eigenvalue weighted by Crippen LogP contribution is 2.41. The van der Waals surface area contributed by atoms with Crippen LogP contribution in [0.4, 0.5) is 5.69 Å². The summed E-state index contributed by atoms with van der Waals surface area (Å²) in [6.45, 7) is 6.68. The van der Waals surface area contributed by atoms with Crippen molar-refractivity contribution in [2.24, 2.45) is 0 Å². The number of para-hydroxylation sites is 1. The maximum atomic E-state index is 12.9. The smallest absolute Gasteiger partial charge is 0.226 e. The fraction of sp³-hybridized carbons (Fsp3) is 0.241. The highest BCUT2D eigenvalue weighted by atomic mass is 32.1. The first-order valence-electron chi connectivity index (χ1n) is 12.4. The third kappa shape index (κ3) is 4.97. The van der Waals surface area contributed by atoms with Gasteiger partial charge in [0.25, 0.3) is 0 Å². The lowest BCUT2D eigenvalue weighted by atomic mass is 9.96. The summed E-state index contributed by atoms with van der Waals surface area (Å²) in [5.74, 6) is -0.0435. The van der Waals surface area contributed by atoms with Gasteiger partial charge in [-0.15, -0.1) is 0 Å². The zero-order valence-corrected chi connectivity index (χ0v) is 22.0. The highest BCUT2D eigenvalue weighted by molar-refractivity contribution is 7.80. The van der Waals surface area contributed by atoms with E-state index in [1.165, 1.54) is 0 Å². The number of nitrogens with zero attached hydrogens (tertiary/aromatic N) is 4. The summed E-state index contributed by atoms with van der Waals surface area (Å²) in [6.07, 6.45) is 5.75. The molecule has 4 aromatic rings. The number of aromatic nitrogens is 3. The Balaban J connectivity index is 1.47. The second-order valence-corrected chi connectivity index (χ2v) is 9.69. The van der Waals surface area contributed by atoms with Gasteiger partial charge in [0.1, 0.15) is 0 Å². The summed E-state index contributed by atoms with van der Waals surface area (Å²) in [5, 5.41) is 7.15. The van der Waals surface area contributed by atoms with E-state index in [0.717, 1.165) is 39.6 Å². The van der Waals surface area contributed by atoms with Gasteiger partial charge in [-0.25, -0.2) is 0 Å². The summed E-state index contributed by atoms with van der Waals surface area (Å²) in [7, 11) is 0. The molecule has 188 valence electrons. The molecule has 7 nitrogen and oxygen atoms in total. The maximum absolute atomic E-state index is 12.9. The number of carbonyl (C=O) groups excluding carboxylic acids is 1. The number of hydrogen-bond donors (Lipinski definition) is 2. The summed E-state index contributed by atoms with van der Waals surface area (Å²) in [4.78, 5) is 24.0. The quantitative estimate of drug-likeness (QED) is 0.333. The van der Waals surface area contributed by atoms with E-state index < -0.39 is 0 Å². The number of thiocarbonyl (C=S) groups is 1. The van der Waals surface area contributed by atoms with Gasteiger partial charge in [0.2, 0.25) is 5.91 Å². The van der Waals surface area contributed by atoms with Gasteiger partial charge in [0, 0.05) is 42.4 Å². The first kappa shape index (κ1) is 24.6. The molecule has 0 aliphatic carbocycles. The molecule has 0 radical (unpaired) electrons. The van der Waals surface area contributed by atoms with E-state index in [2.05, 4.69) is 56.0 Å². The van der Waals surface area contributed by atoms with Gasteiger partial charge in [0.05, 0.1) is 29.7 Å². The van der Waals surface area contributed by atoms with Crippen LogP contribution in [0.25, 0.3) is 5.69 Å². The molecule has 1 aromatic carbocycles. The lowest BCUT2D eigenvalue weighted by Gasteiger charge is -2.28.